The van der Waals surface area contributed by atoms with Gasteiger partial charge in [0.25, 0.3) is 0 Å². The van der Waals surface area contributed by atoms with E-state index in [-0.39, 0.29) is 16.4 Å². The molecule has 2 N–H and O–H groups in total. The normalized spacial score (nSPS) is 16.9. The molecule has 1 aliphatic rings. The molecule has 0 unspecified atom stereocenters. The minimum absolute atomic E-state index is 0.0103. The van der Waals surface area contributed by atoms with Crippen LogP contribution in [0, 0.1) is 0 Å². The fourth-order valence-corrected chi connectivity index (χ4v) is 2.97. The molecular weight excluding hydrogens is 293 g/mol. The first-order valence-corrected chi connectivity index (χ1v) is 6.83. The summed E-state index contributed by atoms with van der Waals surface area (Å²) in [5.74, 6) is 0. The molecule has 0 spiro atoms. The van der Waals surface area contributed by atoms with E-state index in [0.717, 1.165) is 11.1 Å². The van der Waals surface area contributed by atoms with Gasteiger partial charge < -0.3 is 10.3 Å². The molecule has 0 radical (unpaired) electrons. The van der Waals surface area contributed by atoms with Crippen LogP contribution in [-0.2, 0) is 6.18 Å². The zero-order chi connectivity index (χ0) is 16.3. The summed E-state index contributed by atoms with van der Waals surface area (Å²) in [6.45, 7) is 5.79. The molecule has 0 atom stereocenters. The summed E-state index contributed by atoms with van der Waals surface area (Å²) in [5.41, 5.74) is 0.556. The summed E-state index contributed by atoms with van der Waals surface area (Å²) >= 11 is 0. The number of benzene rings is 1. The van der Waals surface area contributed by atoms with Gasteiger partial charge in [0.1, 0.15) is 0 Å². The SMILES string of the molecule is CC1=CC(C)(C)Nc2cc3c(C(F)(F)F)cc(=O)[nH]c3cc21. The Morgan fingerprint density at radius 3 is 2.45 bits per heavy atom. The van der Waals surface area contributed by atoms with Crippen LogP contribution in [0.15, 0.2) is 29.1 Å². The van der Waals surface area contributed by atoms with Crippen LogP contribution < -0.4 is 10.9 Å². The number of hydrogen-bond acceptors (Lipinski definition) is 2. The molecule has 0 saturated heterocycles. The number of anilines is 1. The van der Waals surface area contributed by atoms with E-state index in [4.69, 9.17) is 0 Å². The third-order valence-corrected chi connectivity index (χ3v) is 3.75. The molecular formula is C16H15F3N2O. The minimum Gasteiger partial charge on any atom is -0.376 e. The van der Waals surface area contributed by atoms with E-state index in [1.807, 2.05) is 26.8 Å². The molecule has 0 aliphatic carbocycles. The van der Waals surface area contributed by atoms with Crippen molar-refractivity contribution in [3.8, 4) is 0 Å². The number of H-pyrrole nitrogens is 1. The fourth-order valence-electron chi connectivity index (χ4n) is 2.97. The van der Waals surface area contributed by atoms with Crippen LogP contribution in [0.3, 0.4) is 0 Å². The highest BCUT2D eigenvalue weighted by molar-refractivity contribution is 5.93. The van der Waals surface area contributed by atoms with Gasteiger partial charge in [-0.05, 0) is 38.5 Å². The van der Waals surface area contributed by atoms with Crippen molar-refractivity contribution >= 4 is 22.2 Å². The predicted octanol–water partition coefficient (Wildman–Crippen LogP) is 4.15. The van der Waals surface area contributed by atoms with Gasteiger partial charge in [0.05, 0.1) is 11.1 Å². The number of allylic oxidation sites excluding steroid dienone is 1. The Morgan fingerprint density at radius 2 is 1.82 bits per heavy atom. The van der Waals surface area contributed by atoms with E-state index < -0.39 is 17.3 Å². The highest BCUT2D eigenvalue weighted by Crippen LogP contribution is 2.39. The lowest BCUT2D eigenvalue weighted by molar-refractivity contribution is -0.136. The molecule has 0 saturated carbocycles. The van der Waals surface area contributed by atoms with Crippen LogP contribution in [-0.4, -0.2) is 10.5 Å². The average molecular weight is 308 g/mol. The summed E-state index contributed by atoms with van der Waals surface area (Å²) in [6, 6.07) is 3.66. The topological polar surface area (TPSA) is 44.9 Å². The molecule has 2 aromatic rings. The van der Waals surface area contributed by atoms with Gasteiger partial charge >= 0.3 is 6.18 Å². The zero-order valence-corrected chi connectivity index (χ0v) is 12.4. The maximum absolute atomic E-state index is 13.2. The maximum Gasteiger partial charge on any atom is 0.417 e. The van der Waals surface area contributed by atoms with Crippen molar-refractivity contribution in [2.24, 2.45) is 0 Å². The van der Waals surface area contributed by atoms with Crippen molar-refractivity contribution in [1.82, 2.24) is 4.98 Å². The number of halogens is 3. The van der Waals surface area contributed by atoms with E-state index >= 15 is 0 Å². The van der Waals surface area contributed by atoms with Crippen molar-refractivity contribution in [2.45, 2.75) is 32.5 Å². The Bertz CT molecular complexity index is 860. The molecule has 1 aromatic heterocycles. The lowest BCUT2D eigenvalue weighted by atomic mass is 9.90. The Morgan fingerprint density at radius 1 is 1.14 bits per heavy atom. The second-order valence-electron chi connectivity index (χ2n) is 6.16. The Labute approximate surface area is 124 Å². The van der Waals surface area contributed by atoms with Crippen molar-refractivity contribution in [2.75, 3.05) is 5.32 Å². The smallest absolute Gasteiger partial charge is 0.376 e. The van der Waals surface area contributed by atoms with E-state index in [1.54, 1.807) is 6.07 Å². The van der Waals surface area contributed by atoms with Crippen LogP contribution in [0.25, 0.3) is 16.5 Å². The summed E-state index contributed by atoms with van der Waals surface area (Å²) in [5, 5.41) is 3.21. The van der Waals surface area contributed by atoms with Crippen molar-refractivity contribution in [1.29, 1.82) is 0 Å². The molecule has 22 heavy (non-hydrogen) atoms. The molecule has 0 amide bonds. The molecule has 0 bridgehead atoms. The quantitative estimate of drug-likeness (QED) is 0.768. The van der Waals surface area contributed by atoms with Crippen molar-refractivity contribution in [3.05, 3.63) is 45.8 Å². The molecule has 0 fully saturated rings. The van der Waals surface area contributed by atoms with Gasteiger partial charge in [-0.1, -0.05) is 6.08 Å². The zero-order valence-electron chi connectivity index (χ0n) is 12.4. The number of aromatic nitrogens is 1. The third-order valence-electron chi connectivity index (χ3n) is 3.75. The van der Waals surface area contributed by atoms with Gasteiger partial charge in [0.15, 0.2) is 0 Å². The summed E-state index contributed by atoms with van der Waals surface area (Å²) in [4.78, 5) is 14.0. The number of aromatic amines is 1. The van der Waals surface area contributed by atoms with E-state index in [2.05, 4.69) is 10.3 Å². The minimum atomic E-state index is -4.57. The summed E-state index contributed by atoms with van der Waals surface area (Å²) in [6.07, 6.45) is -2.57. The predicted molar refractivity (Wildman–Crippen MR) is 80.9 cm³/mol. The molecule has 1 aromatic carbocycles. The standard InChI is InChI=1S/C16H15F3N2O/c1-8-7-15(2,3)21-13-5-10-11(16(17,18)19)6-14(22)20-12(10)4-9(8)13/h4-7,21H,1-3H3,(H,20,22). The lowest BCUT2D eigenvalue weighted by Crippen LogP contribution is -2.31. The third kappa shape index (κ3) is 2.38. The van der Waals surface area contributed by atoms with Gasteiger partial charge in [-0.25, -0.2) is 0 Å². The molecule has 6 heteroatoms. The first-order chi connectivity index (χ1) is 10.1. The summed E-state index contributed by atoms with van der Waals surface area (Å²) < 4.78 is 39.5. The Kier molecular flexibility index (Phi) is 2.92. The number of pyridine rings is 1. The van der Waals surface area contributed by atoms with Crippen LogP contribution >= 0.6 is 0 Å². The van der Waals surface area contributed by atoms with Crippen LogP contribution in [0.2, 0.25) is 0 Å². The Hall–Kier alpha value is -2.24. The number of hydrogen-bond donors (Lipinski definition) is 2. The number of rotatable bonds is 0. The molecule has 2 heterocycles. The van der Waals surface area contributed by atoms with Crippen molar-refractivity contribution < 1.29 is 13.2 Å². The number of nitrogens with one attached hydrogen (secondary N) is 2. The largest absolute Gasteiger partial charge is 0.417 e. The fraction of sp³-hybridized carbons (Fsp3) is 0.312. The van der Waals surface area contributed by atoms with Gasteiger partial charge in [-0.3, -0.25) is 4.79 Å². The van der Waals surface area contributed by atoms with Crippen LogP contribution in [0.1, 0.15) is 31.9 Å². The van der Waals surface area contributed by atoms with Gasteiger partial charge in [-0.15, -0.1) is 0 Å². The van der Waals surface area contributed by atoms with Crippen LogP contribution in [0.5, 0.6) is 0 Å². The van der Waals surface area contributed by atoms with Gasteiger partial charge in [-0.2, -0.15) is 13.2 Å². The number of fused-ring (bicyclic) bond motifs is 2. The molecule has 3 rings (SSSR count). The maximum atomic E-state index is 13.2. The first kappa shape index (κ1) is 14.7. The average Bonchev–Trinajstić information content (AvgIpc) is 2.34. The van der Waals surface area contributed by atoms with Gasteiger partial charge in [0.2, 0.25) is 5.56 Å². The van der Waals surface area contributed by atoms with Gasteiger partial charge in [0, 0.05) is 28.2 Å². The second-order valence-corrected chi connectivity index (χ2v) is 6.16. The van der Waals surface area contributed by atoms with E-state index in [9.17, 15) is 18.0 Å². The highest BCUT2D eigenvalue weighted by Gasteiger charge is 2.34. The Balaban J connectivity index is 2.37. The molecule has 116 valence electrons. The monoisotopic (exact) mass is 308 g/mol. The highest BCUT2D eigenvalue weighted by atomic mass is 19.4. The van der Waals surface area contributed by atoms with E-state index in [1.165, 1.54) is 6.07 Å². The van der Waals surface area contributed by atoms with Crippen LogP contribution in [0.4, 0.5) is 18.9 Å². The number of alkyl halides is 3. The van der Waals surface area contributed by atoms with E-state index in [0.29, 0.717) is 11.8 Å². The van der Waals surface area contributed by atoms with Crippen molar-refractivity contribution in [3.63, 3.8) is 0 Å². The molecule has 3 nitrogen and oxygen atoms in total. The lowest BCUT2D eigenvalue weighted by Gasteiger charge is -2.31. The summed E-state index contributed by atoms with van der Waals surface area (Å²) in [7, 11) is 0. The molecule has 1 aliphatic heterocycles. The second kappa shape index (κ2) is 4.38. The first-order valence-electron chi connectivity index (χ1n) is 6.83.